The summed E-state index contributed by atoms with van der Waals surface area (Å²) in [6, 6.07) is 11.6. The molecule has 0 fully saturated rings. The molecule has 3 nitrogen and oxygen atoms in total. The quantitative estimate of drug-likeness (QED) is 0.503. The summed E-state index contributed by atoms with van der Waals surface area (Å²) in [4.78, 5) is 24.9. The lowest BCUT2D eigenvalue weighted by atomic mass is 10.0. The third-order valence-electron chi connectivity index (χ3n) is 3.63. The van der Waals surface area contributed by atoms with Gasteiger partial charge in [-0.2, -0.15) is 0 Å². The second-order valence-electron chi connectivity index (χ2n) is 5.50. The van der Waals surface area contributed by atoms with Crippen LogP contribution in [-0.2, 0) is 4.79 Å². The highest BCUT2D eigenvalue weighted by atomic mass is 35.5. The Morgan fingerprint density at radius 3 is 2.46 bits per heavy atom. The first-order valence-corrected chi connectivity index (χ1v) is 8.67. The standard InChI is InChI=1S/C19H19Cl2NO2/c1-2-3-4-9-18(23)22-17-11-10-13(20)12-15(17)19(24)14-7-5-6-8-16(14)21/h5-8,10-12H,2-4,9H2,1H3,(H,22,23). The molecule has 1 amide bonds. The maximum absolute atomic E-state index is 12.8. The molecule has 0 aromatic heterocycles. The van der Waals surface area contributed by atoms with Crippen molar-refractivity contribution in [3.05, 3.63) is 63.6 Å². The van der Waals surface area contributed by atoms with Crippen molar-refractivity contribution in [3.63, 3.8) is 0 Å². The van der Waals surface area contributed by atoms with Gasteiger partial charge in [0.15, 0.2) is 5.78 Å². The summed E-state index contributed by atoms with van der Waals surface area (Å²) in [5.41, 5.74) is 1.16. The van der Waals surface area contributed by atoms with Crippen molar-refractivity contribution in [1.82, 2.24) is 0 Å². The second-order valence-corrected chi connectivity index (χ2v) is 6.35. The topological polar surface area (TPSA) is 46.2 Å². The Bertz CT molecular complexity index is 744. The van der Waals surface area contributed by atoms with Gasteiger partial charge in [0.25, 0.3) is 0 Å². The van der Waals surface area contributed by atoms with Gasteiger partial charge in [0, 0.05) is 22.6 Å². The summed E-state index contributed by atoms with van der Waals surface area (Å²) in [7, 11) is 0. The van der Waals surface area contributed by atoms with Gasteiger partial charge in [0.05, 0.1) is 10.7 Å². The molecule has 0 radical (unpaired) electrons. The first kappa shape index (κ1) is 18.5. The molecule has 5 heteroatoms. The van der Waals surface area contributed by atoms with E-state index in [2.05, 4.69) is 12.2 Å². The molecule has 0 atom stereocenters. The Labute approximate surface area is 152 Å². The number of ketones is 1. The molecule has 0 aliphatic rings. The van der Waals surface area contributed by atoms with E-state index in [0.717, 1.165) is 19.3 Å². The molecule has 0 aliphatic heterocycles. The average molecular weight is 364 g/mol. The lowest BCUT2D eigenvalue weighted by molar-refractivity contribution is -0.116. The number of rotatable bonds is 7. The number of halogens is 2. The lowest BCUT2D eigenvalue weighted by Gasteiger charge is -2.12. The number of amides is 1. The minimum absolute atomic E-state index is 0.112. The van der Waals surface area contributed by atoms with Crippen molar-refractivity contribution in [3.8, 4) is 0 Å². The maximum atomic E-state index is 12.8. The maximum Gasteiger partial charge on any atom is 0.224 e. The van der Waals surface area contributed by atoms with Gasteiger partial charge in [-0.1, -0.05) is 55.1 Å². The van der Waals surface area contributed by atoms with Gasteiger partial charge in [-0.15, -0.1) is 0 Å². The molecule has 2 rings (SSSR count). The van der Waals surface area contributed by atoms with Crippen molar-refractivity contribution < 1.29 is 9.59 Å². The predicted molar refractivity (Wildman–Crippen MR) is 99.1 cm³/mol. The van der Waals surface area contributed by atoms with Gasteiger partial charge in [-0.25, -0.2) is 0 Å². The second kappa shape index (κ2) is 8.86. The number of nitrogens with one attached hydrogen (secondary N) is 1. The molecule has 0 bridgehead atoms. The van der Waals surface area contributed by atoms with E-state index in [9.17, 15) is 9.59 Å². The molecular weight excluding hydrogens is 345 g/mol. The van der Waals surface area contributed by atoms with Gasteiger partial charge in [0.2, 0.25) is 5.91 Å². The molecule has 0 spiro atoms. The third kappa shape index (κ3) is 4.83. The number of hydrogen-bond acceptors (Lipinski definition) is 2. The van der Waals surface area contributed by atoms with E-state index in [0.29, 0.717) is 33.3 Å². The van der Waals surface area contributed by atoms with E-state index >= 15 is 0 Å². The third-order valence-corrected chi connectivity index (χ3v) is 4.19. The minimum Gasteiger partial charge on any atom is -0.325 e. The molecule has 0 heterocycles. The summed E-state index contributed by atoms with van der Waals surface area (Å²) in [6.45, 7) is 2.08. The molecule has 1 N–H and O–H groups in total. The molecule has 0 saturated carbocycles. The lowest BCUT2D eigenvalue weighted by Crippen LogP contribution is -2.15. The van der Waals surface area contributed by atoms with Crippen LogP contribution in [0, 0.1) is 0 Å². The summed E-state index contributed by atoms with van der Waals surface area (Å²) < 4.78 is 0. The molecule has 2 aromatic rings. The Kier molecular flexibility index (Phi) is 6.83. The number of hydrogen-bond donors (Lipinski definition) is 1. The Morgan fingerprint density at radius 2 is 1.75 bits per heavy atom. The zero-order valence-electron chi connectivity index (χ0n) is 13.4. The van der Waals surface area contributed by atoms with Crippen LogP contribution in [0.4, 0.5) is 5.69 Å². The molecule has 126 valence electrons. The fraction of sp³-hybridized carbons (Fsp3) is 0.263. The SMILES string of the molecule is CCCCCC(=O)Nc1ccc(Cl)cc1C(=O)c1ccccc1Cl. The molecule has 24 heavy (non-hydrogen) atoms. The van der Waals surface area contributed by atoms with E-state index in [1.54, 1.807) is 42.5 Å². The molecular formula is C19H19Cl2NO2. The first-order valence-electron chi connectivity index (χ1n) is 7.91. The fourth-order valence-corrected chi connectivity index (χ4v) is 2.75. The average Bonchev–Trinajstić information content (AvgIpc) is 2.56. The van der Waals surface area contributed by atoms with Crippen LogP contribution in [0.25, 0.3) is 0 Å². The molecule has 0 aliphatic carbocycles. The molecule has 0 saturated heterocycles. The van der Waals surface area contributed by atoms with Crippen LogP contribution in [0.2, 0.25) is 10.0 Å². The van der Waals surface area contributed by atoms with Crippen molar-refractivity contribution in [2.75, 3.05) is 5.32 Å². The summed E-state index contributed by atoms with van der Waals surface area (Å²) in [5, 5.41) is 3.59. The highest BCUT2D eigenvalue weighted by molar-refractivity contribution is 6.36. The van der Waals surface area contributed by atoms with Gasteiger partial charge < -0.3 is 5.32 Å². The Balaban J connectivity index is 2.26. The number of anilines is 1. The van der Waals surface area contributed by atoms with E-state index in [-0.39, 0.29) is 11.7 Å². The largest absolute Gasteiger partial charge is 0.325 e. The van der Waals surface area contributed by atoms with Crippen molar-refractivity contribution in [2.45, 2.75) is 32.6 Å². The van der Waals surface area contributed by atoms with Crippen LogP contribution >= 0.6 is 23.2 Å². The Hall–Kier alpha value is -1.84. The number of carbonyl (C=O) groups is 2. The monoisotopic (exact) mass is 363 g/mol. The minimum atomic E-state index is -0.271. The van der Waals surface area contributed by atoms with E-state index in [1.807, 2.05) is 0 Å². The van der Waals surface area contributed by atoms with E-state index in [4.69, 9.17) is 23.2 Å². The zero-order valence-corrected chi connectivity index (χ0v) is 15.0. The summed E-state index contributed by atoms with van der Waals surface area (Å²) >= 11 is 12.1. The number of carbonyl (C=O) groups excluding carboxylic acids is 2. The zero-order chi connectivity index (χ0) is 17.5. The molecule has 2 aromatic carbocycles. The smallest absolute Gasteiger partial charge is 0.224 e. The number of benzene rings is 2. The normalized spacial score (nSPS) is 10.5. The van der Waals surface area contributed by atoms with Crippen LogP contribution in [0.3, 0.4) is 0 Å². The van der Waals surface area contributed by atoms with Crippen LogP contribution in [0.15, 0.2) is 42.5 Å². The van der Waals surface area contributed by atoms with Crippen molar-refractivity contribution in [1.29, 1.82) is 0 Å². The highest BCUT2D eigenvalue weighted by Crippen LogP contribution is 2.26. The summed E-state index contributed by atoms with van der Waals surface area (Å²) in [5.74, 6) is -0.383. The van der Waals surface area contributed by atoms with Crippen LogP contribution in [-0.4, -0.2) is 11.7 Å². The van der Waals surface area contributed by atoms with Gasteiger partial charge in [-0.05, 0) is 36.8 Å². The first-order chi connectivity index (χ1) is 11.5. The fourth-order valence-electron chi connectivity index (χ4n) is 2.35. The van der Waals surface area contributed by atoms with Crippen molar-refractivity contribution >= 4 is 40.6 Å². The number of unbranched alkanes of at least 4 members (excludes halogenated alkanes) is 2. The van der Waals surface area contributed by atoms with Crippen LogP contribution < -0.4 is 5.32 Å². The van der Waals surface area contributed by atoms with Gasteiger partial charge in [-0.3, -0.25) is 9.59 Å². The molecule has 0 unspecified atom stereocenters. The van der Waals surface area contributed by atoms with Crippen molar-refractivity contribution in [2.24, 2.45) is 0 Å². The summed E-state index contributed by atoms with van der Waals surface area (Å²) in [6.07, 6.45) is 3.30. The van der Waals surface area contributed by atoms with E-state index < -0.39 is 0 Å². The van der Waals surface area contributed by atoms with Crippen LogP contribution in [0.1, 0.15) is 48.5 Å². The van der Waals surface area contributed by atoms with Crippen LogP contribution in [0.5, 0.6) is 0 Å². The Morgan fingerprint density at radius 1 is 1.00 bits per heavy atom. The van der Waals surface area contributed by atoms with Gasteiger partial charge in [0.1, 0.15) is 0 Å². The van der Waals surface area contributed by atoms with E-state index in [1.165, 1.54) is 0 Å². The highest BCUT2D eigenvalue weighted by Gasteiger charge is 2.18. The predicted octanol–water partition coefficient (Wildman–Crippen LogP) is 5.74. The van der Waals surface area contributed by atoms with Gasteiger partial charge >= 0.3 is 0 Å².